The van der Waals surface area contributed by atoms with E-state index in [0.29, 0.717) is 13.1 Å². The van der Waals surface area contributed by atoms with Gasteiger partial charge in [0.05, 0.1) is 26.2 Å². The van der Waals surface area contributed by atoms with E-state index >= 15 is 0 Å². The molecule has 108 valence electrons. The molecule has 0 bridgehead atoms. The van der Waals surface area contributed by atoms with Gasteiger partial charge in [0, 0.05) is 18.0 Å². The van der Waals surface area contributed by atoms with Crippen LogP contribution in [0.2, 0.25) is 0 Å². The first-order chi connectivity index (χ1) is 9.65. The number of amides is 1. The van der Waals surface area contributed by atoms with Crippen molar-refractivity contribution in [3.05, 3.63) is 35.9 Å². The van der Waals surface area contributed by atoms with Crippen molar-refractivity contribution < 1.29 is 19.6 Å². The minimum absolute atomic E-state index is 0.0519. The van der Waals surface area contributed by atoms with E-state index in [2.05, 4.69) is 12.1 Å². The van der Waals surface area contributed by atoms with Crippen LogP contribution in [0.25, 0.3) is 0 Å². The van der Waals surface area contributed by atoms with Gasteiger partial charge in [-0.1, -0.05) is 30.3 Å². The predicted molar refractivity (Wildman–Crippen MR) is 71.7 cm³/mol. The molecule has 20 heavy (non-hydrogen) atoms. The maximum absolute atomic E-state index is 11.8. The quantitative estimate of drug-likeness (QED) is 0.708. The van der Waals surface area contributed by atoms with E-state index in [4.69, 9.17) is 0 Å². The Bertz CT molecular complexity index is 453. The van der Waals surface area contributed by atoms with Gasteiger partial charge >= 0.3 is 0 Å². The summed E-state index contributed by atoms with van der Waals surface area (Å²) in [6.45, 7) is 4.20. The molecule has 0 saturated carbocycles. The lowest BCUT2D eigenvalue weighted by atomic mass is 10.2. The zero-order valence-corrected chi connectivity index (χ0v) is 11.5. The number of aliphatic carboxylic acids is 1. The Morgan fingerprint density at radius 3 is 2.35 bits per heavy atom. The second-order valence-corrected chi connectivity index (χ2v) is 5.17. The van der Waals surface area contributed by atoms with Gasteiger partial charge in [-0.05, 0) is 6.42 Å². The molecule has 1 aromatic carbocycles. The first kappa shape index (κ1) is 14.5. The van der Waals surface area contributed by atoms with E-state index < -0.39 is 5.97 Å². The third-order valence-electron chi connectivity index (χ3n) is 3.66. The van der Waals surface area contributed by atoms with Crippen molar-refractivity contribution in [1.29, 1.82) is 0 Å². The highest BCUT2D eigenvalue weighted by molar-refractivity contribution is 5.80. The van der Waals surface area contributed by atoms with E-state index in [9.17, 15) is 14.7 Å². The molecule has 0 spiro atoms. The summed E-state index contributed by atoms with van der Waals surface area (Å²) in [5, 5.41) is 10.4. The van der Waals surface area contributed by atoms with E-state index in [-0.39, 0.29) is 18.7 Å². The summed E-state index contributed by atoms with van der Waals surface area (Å²) in [5.41, 5.74) is 1.30. The fraction of sp³-hybridized carbons (Fsp3) is 0.467. The SMILES string of the molecule is O=C([O-])CCC(=O)N1CC[NH+](Cc2ccccc2)CC1. The number of carboxylic acids is 1. The van der Waals surface area contributed by atoms with Crippen LogP contribution in [-0.2, 0) is 16.1 Å². The van der Waals surface area contributed by atoms with E-state index in [1.807, 2.05) is 18.2 Å². The van der Waals surface area contributed by atoms with Gasteiger partial charge in [0.15, 0.2) is 0 Å². The molecule has 1 amide bonds. The number of nitrogens with zero attached hydrogens (tertiary/aromatic N) is 1. The minimum atomic E-state index is -1.16. The third-order valence-corrected chi connectivity index (χ3v) is 3.66. The Kier molecular flexibility index (Phi) is 5.12. The van der Waals surface area contributed by atoms with Gasteiger partial charge in [0.2, 0.25) is 5.91 Å². The lowest BCUT2D eigenvalue weighted by Gasteiger charge is -2.32. The number of quaternary nitrogens is 1. The maximum Gasteiger partial charge on any atom is 0.223 e. The van der Waals surface area contributed by atoms with Gasteiger partial charge in [-0.3, -0.25) is 4.79 Å². The van der Waals surface area contributed by atoms with Crippen LogP contribution in [0.1, 0.15) is 18.4 Å². The van der Waals surface area contributed by atoms with Crippen molar-refractivity contribution in [1.82, 2.24) is 4.90 Å². The fourth-order valence-electron chi connectivity index (χ4n) is 2.50. The molecule has 0 aliphatic carbocycles. The number of carbonyl (C=O) groups excluding carboxylic acids is 2. The Morgan fingerprint density at radius 2 is 1.75 bits per heavy atom. The topological polar surface area (TPSA) is 64.9 Å². The number of hydrogen-bond donors (Lipinski definition) is 1. The molecule has 0 atom stereocenters. The minimum Gasteiger partial charge on any atom is -0.550 e. The van der Waals surface area contributed by atoms with Crippen molar-refractivity contribution in [3.63, 3.8) is 0 Å². The van der Waals surface area contributed by atoms with Crippen molar-refractivity contribution in [3.8, 4) is 0 Å². The van der Waals surface area contributed by atoms with Gasteiger partial charge in [-0.15, -0.1) is 0 Å². The number of hydrogen-bond acceptors (Lipinski definition) is 3. The summed E-state index contributed by atoms with van der Waals surface area (Å²) in [5.74, 6) is -1.24. The zero-order valence-electron chi connectivity index (χ0n) is 11.5. The third kappa shape index (κ3) is 4.35. The van der Waals surface area contributed by atoms with Crippen LogP contribution in [0.4, 0.5) is 0 Å². The molecular weight excluding hydrogens is 256 g/mol. The monoisotopic (exact) mass is 276 g/mol. The largest absolute Gasteiger partial charge is 0.550 e. The Hall–Kier alpha value is -1.88. The van der Waals surface area contributed by atoms with Crippen LogP contribution in [0, 0.1) is 0 Å². The van der Waals surface area contributed by atoms with Crippen LogP contribution < -0.4 is 10.0 Å². The summed E-state index contributed by atoms with van der Waals surface area (Å²) in [6.07, 6.45) is -0.133. The summed E-state index contributed by atoms with van der Waals surface area (Å²) >= 11 is 0. The molecule has 1 N–H and O–H groups in total. The lowest BCUT2D eigenvalue weighted by molar-refractivity contribution is -0.917. The lowest BCUT2D eigenvalue weighted by Crippen LogP contribution is -3.13. The molecule has 1 aliphatic heterocycles. The average molecular weight is 276 g/mol. The maximum atomic E-state index is 11.8. The smallest absolute Gasteiger partial charge is 0.223 e. The Morgan fingerprint density at radius 1 is 1.10 bits per heavy atom. The van der Waals surface area contributed by atoms with Crippen LogP contribution >= 0.6 is 0 Å². The van der Waals surface area contributed by atoms with Gasteiger partial charge in [-0.2, -0.15) is 0 Å². The number of carboxylic acid groups (broad SMARTS) is 1. The number of nitrogens with one attached hydrogen (secondary N) is 1. The molecule has 2 rings (SSSR count). The molecular formula is C15H20N2O3. The molecule has 0 radical (unpaired) electrons. The first-order valence-corrected chi connectivity index (χ1v) is 7.00. The zero-order chi connectivity index (χ0) is 14.4. The molecule has 5 heteroatoms. The second kappa shape index (κ2) is 7.05. The standard InChI is InChI=1S/C15H20N2O3/c18-14(6-7-15(19)20)17-10-8-16(9-11-17)12-13-4-2-1-3-5-13/h1-5H,6-12H2,(H,19,20). The Balaban J connectivity index is 1.75. The van der Waals surface area contributed by atoms with Crippen LogP contribution in [-0.4, -0.2) is 43.0 Å². The number of benzene rings is 1. The summed E-state index contributed by atoms with van der Waals surface area (Å²) in [7, 11) is 0. The average Bonchev–Trinajstić information content (AvgIpc) is 2.46. The first-order valence-electron chi connectivity index (χ1n) is 7.00. The molecule has 1 fully saturated rings. The summed E-state index contributed by atoms with van der Waals surface area (Å²) in [6, 6.07) is 10.3. The normalized spacial score (nSPS) is 16.1. The molecule has 1 aliphatic rings. The molecule has 0 aromatic heterocycles. The van der Waals surface area contributed by atoms with Gasteiger partial charge in [0.25, 0.3) is 0 Å². The van der Waals surface area contributed by atoms with Gasteiger partial charge in [0.1, 0.15) is 6.54 Å². The molecule has 1 aromatic rings. The summed E-state index contributed by atoms with van der Waals surface area (Å²) < 4.78 is 0. The number of piperazine rings is 1. The fourth-order valence-corrected chi connectivity index (χ4v) is 2.50. The Labute approximate surface area is 118 Å². The highest BCUT2D eigenvalue weighted by Gasteiger charge is 2.23. The van der Waals surface area contributed by atoms with Gasteiger partial charge < -0.3 is 19.7 Å². The van der Waals surface area contributed by atoms with Crippen molar-refractivity contribution >= 4 is 11.9 Å². The van der Waals surface area contributed by atoms with Crippen LogP contribution in [0.3, 0.4) is 0 Å². The predicted octanol–water partition coefficient (Wildman–Crippen LogP) is -1.56. The van der Waals surface area contributed by atoms with Crippen molar-refractivity contribution in [2.75, 3.05) is 26.2 Å². The van der Waals surface area contributed by atoms with E-state index in [0.717, 1.165) is 19.6 Å². The van der Waals surface area contributed by atoms with Gasteiger partial charge in [-0.25, -0.2) is 0 Å². The molecule has 0 unspecified atom stereocenters. The van der Waals surface area contributed by atoms with Crippen LogP contribution in [0.15, 0.2) is 30.3 Å². The van der Waals surface area contributed by atoms with E-state index in [1.54, 1.807) is 4.90 Å². The molecule has 1 saturated heterocycles. The van der Waals surface area contributed by atoms with Crippen LogP contribution in [0.5, 0.6) is 0 Å². The summed E-state index contributed by atoms with van der Waals surface area (Å²) in [4.78, 5) is 25.4. The van der Waals surface area contributed by atoms with E-state index in [1.165, 1.54) is 10.5 Å². The highest BCUT2D eigenvalue weighted by atomic mass is 16.4. The molecule has 5 nitrogen and oxygen atoms in total. The second-order valence-electron chi connectivity index (χ2n) is 5.17. The highest BCUT2D eigenvalue weighted by Crippen LogP contribution is 2.00. The number of rotatable bonds is 5. The van der Waals surface area contributed by atoms with Crippen molar-refractivity contribution in [2.45, 2.75) is 19.4 Å². The molecule has 1 heterocycles. The number of carbonyl (C=O) groups is 2. The van der Waals surface area contributed by atoms with Crippen molar-refractivity contribution in [2.24, 2.45) is 0 Å².